The summed E-state index contributed by atoms with van der Waals surface area (Å²) in [4.78, 5) is 48.4. The highest BCUT2D eigenvalue weighted by Gasteiger charge is 2.39. The number of oxazole rings is 1. The first-order chi connectivity index (χ1) is 17.2. The van der Waals surface area contributed by atoms with Gasteiger partial charge in [-0.3, -0.25) is 0 Å². The fraction of sp³-hybridized carbons (Fsp3) is 0.333. The van der Waals surface area contributed by atoms with E-state index in [1.165, 1.54) is 17.2 Å². The minimum atomic E-state index is -2.31. The van der Waals surface area contributed by atoms with Crippen LogP contribution in [0.1, 0.15) is 23.7 Å². The Balaban J connectivity index is 1.45. The van der Waals surface area contributed by atoms with Gasteiger partial charge in [-0.05, 0) is 43.7 Å². The summed E-state index contributed by atoms with van der Waals surface area (Å²) in [5.74, 6) is -3.90. The monoisotopic (exact) mass is 517 g/mol. The minimum Gasteiger partial charge on any atom is -0.479 e. The Morgan fingerprint density at radius 2 is 1.89 bits per heavy atom. The van der Waals surface area contributed by atoms with Crippen molar-refractivity contribution < 1.29 is 38.6 Å². The van der Waals surface area contributed by atoms with Crippen LogP contribution in [-0.2, 0) is 19.2 Å². The minimum absolute atomic E-state index is 0.0892. The second kappa shape index (κ2) is 10.9. The van der Waals surface area contributed by atoms with E-state index >= 15 is 0 Å². The number of carboxylic acid groups (broad SMARTS) is 1. The lowest BCUT2D eigenvalue weighted by Crippen LogP contribution is -2.47. The summed E-state index contributed by atoms with van der Waals surface area (Å²) in [6.07, 6.45) is -3.83. The second-order valence-electron chi connectivity index (χ2n) is 8.26. The first kappa shape index (κ1) is 25.4. The van der Waals surface area contributed by atoms with Gasteiger partial charge in [-0.15, -0.1) is 5.06 Å². The van der Waals surface area contributed by atoms with Crippen molar-refractivity contribution in [1.82, 2.24) is 10.0 Å². The predicted octanol–water partition coefficient (Wildman–Crippen LogP) is 2.51. The summed E-state index contributed by atoms with van der Waals surface area (Å²) < 4.78 is 10.9. The molecule has 1 aliphatic rings. The first-order valence-corrected chi connectivity index (χ1v) is 11.6. The number of nitrogens with zero attached hydrogens (tertiary/aromatic N) is 3. The van der Waals surface area contributed by atoms with Crippen LogP contribution in [0.2, 0.25) is 5.02 Å². The Morgan fingerprint density at radius 3 is 2.61 bits per heavy atom. The Kier molecular flexibility index (Phi) is 7.73. The number of fused-ring (bicyclic) bond motifs is 1. The van der Waals surface area contributed by atoms with Crippen molar-refractivity contribution in [2.24, 2.45) is 0 Å². The molecule has 0 bridgehead atoms. The Bertz CT molecular complexity index is 1250. The van der Waals surface area contributed by atoms with Gasteiger partial charge in [0, 0.05) is 24.2 Å². The Morgan fingerprint density at radius 1 is 1.14 bits per heavy atom. The molecule has 12 heteroatoms. The number of carbonyl (C=O) groups is 3. The van der Waals surface area contributed by atoms with E-state index in [0.29, 0.717) is 41.6 Å². The van der Waals surface area contributed by atoms with E-state index in [9.17, 15) is 24.6 Å². The van der Waals surface area contributed by atoms with Gasteiger partial charge in [0.2, 0.25) is 6.10 Å². The van der Waals surface area contributed by atoms with Crippen LogP contribution >= 0.6 is 11.6 Å². The largest absolute Gasteiger partial charge is 0.479 e. The zero-order valence-electron chi connectivity index (χ0n) is 19.2. The molecule has 36 heavy (non-hydrogen) atoms. The SMILES string of the molecule is C[C@@H]1CCN(c2nc3cc(Cl)ccc3o2)CCN1OC(=O)[C@@H](OC(=O)c1ccccc1)[C@H](O)C(=O)O. The third-order valence-electron chi connectivity index (χ3n) is 5.73. The number of esters is 1. The molecule has 3 atom stereocenters. The van der Waals surface area contributed by atoms with Gasteiger partial charge < -0.3 is 29.1 Å². The zero-order chi connectivity index (χ0) is 25.8. The van der Waals surface area contributed by atoms with Crippen LogP contribution in [0.25, 0.3) is 11.1 Å². The predicted molar refractivity (Wildman–Crippen MR) is 127 cm³/mol. The van der Waals surface area contributed by atoms with Crippen molar-refractivity contribution in [3.8, 4) is 0 Å². The van der Waals surface area contributed by atoms with E-state index in [0.717, 1.165) is 0 Å². The van der Waals surface area contributed by atoms with Gasteiger partial charge >= 0.3 is 17.9 Å². The lowest BCUT2D eigenvalue weighted by Gasteiger charge is -2.27. The molecule has 0 amide bonds. The smallest absolute Gasteiger partial charge is 0.369 e. The number of benzene rings is 2. The van der Waals surface area contributed by atoms with E-state index in [4.69, 9.17) is 25.6 Å². The van der Waals surface area contributed by atoms with Crippen LogP contribution < -0.4 is 4.90 Å². The molecule has 1 aliphatic heterocycles. The number of hydroxylamine groups is 2. The van der Waals surface area contributed by atoms with Crippen molar-refractivity contribution in [2.75, 3.05) is 24.5 Å². The number of anilines is 1. The standard InChI is InChI=1S/C24H24ClN3O8/c1-14-9-10-27(24-26-17-13-16(25)7-8-18(17)34-24)11-12-28(14)36-23(33)20(19(29)21(30)31)35-22(32)15-5-3-2-4-6-15/h2-8,13-14,19-20,29H,9-12H2,1H3,(H,30,31)/t14-,19+,20+/m1/s1. The molecule has 0 saturated carbocycles. The summed E-state index contributed by atoms with van der Waals surface area (Å²) in [7, 11) is 0. The van der Waals surface area contributed by atoms with Crippen molar-refractivity contribution in [1.29, 1.82) is 0 Å². The molecule has 0 unspecified atom stereocenters. The molecule has 2 heterocycles. The third-order valence-corrected chi connectivity index (χ3v) is 5.97. The van der Waals surface area contributed by atoms with Gasteiger partial charge in [0.05, 0.1) is 12.1 Å². The Hall–Kier alpha value is -3.67. The van der Waals surface area contributed by atoms with Crippen LogP contribution in [0.15, 0.2) is 52.9 Å². The lowest BCUT2D eigenvalue weighted by atomic mass is 10.2. The van der Waals surface area contributed by atoms with Crippen molar-refractivity contribution in [3.63, 3.8) is 0 Å². The summed E-state index contributed by atoms with van der Waals surface area (Å²) in [5, 5.41) is 21.2. The van der Waals surface area contributed by atoms with Crippen molar-refractivity contribution in [2.45, 2.75) is 31.6 Å². The molecule has 0 aliphatic carbocycles. The van der Waals surface area contributed by atoms with Crippen LogP contribution in [0.3, 0.4) is 0 Å². The molecule has 11 nitrogen and oxygen atoms in total. The molecular weight excluding hydrogens is 494 g/mol. The fourth-order valence-corrected chi connectivity index (χ4v) is 3.85. The molecule has 2 N–H and O–H groups in total. The van der Waals surface area contributed by atoms with Gasteiger partial charge in [0.1, 0.15) is 5.52 Å². The zero-order valence-corrected chi connectivity index (χ0v) is 20.0. The van der Waals surface area contributed by atoms with Gasteiger partial charge in [-0.25, -0.2) is 14.4 Å². The number of hydrogen-bond acceptors (Lipinski definition) is 10. The highest BCUT2D eigenvalue weighted by Crippen LogP contribution is 2.26. The molecule has 0 radical (unpaired) electrons. The number of ether oxygens (including phenoxy) is 1. The number of halogens is 1. The second-order valence-corrected chi connectivity index (χ2v) is 8.70. The number of carbonyl (C=O) groups excluding carboxylic acids is 2. The van der Waals surface area contributed by atoms with E-state index < -0.39 is 30.1 Å². The van der Waals surface area contributed by atoms with E-state index in [1.54, 1.807) is 36.4 Å². The quantitative estimate of drug-likeness (QED) is 0.446. The van der Waals surface area contributed by atoms with Gasteiger partial charge in [0.25, 0.3) is 6.01 Å². The van der Waals surface area contributed by atoms with Crippen LogP contribution in [-0.4, -0.2) is 76.1 Å². The van der Waals surface area contributed by atoms with Crippen molar-refractivity contribution >= 4 is 46.6 Å². The van der Waals surface area contributed by atoms with E-state index in [-0.39, 0.29) is 18.2 Å². The number of hydrogen-bond donors (Lipinski definition) is 2. The molecule has 1 saturated heterocycles. The number of carboxylic acids is 1. The first-order valence-electron chi connectivity index (χ1n) is 11.2. The van der Waals surface area contributed by atoms with Gasteiger partial charge in [-0.2, -0.15) is 4.98 Å². The number of aliphatic hydroxyl groups is 1. The van der Waals surface area contributed by atoms with Crippen molar-refractivity contribution in [3.05, 3.63) is 59.1 Å². The average Bonchev–Trinajstić information content (AvgIpc) is 3.20. The molecule has 0 spiro atoms. The van der Waals surface area contributed by atoms with Gasteiger partial charge in [-0.1, -0.05) is 29.8 Å². The topological polar surface area (TPSA) is 143 Å². The molecule has 190 valence electrons. The van der Waals surface area contributed by atoms with Crippen LogP contribution in [0, 0.1) is 0 Å². The fourth-order valence-electron chi connectivity index (χ4n) is 3.68. The number of aliphatic hydroxyl groups excluding tert-OH is 1. The highest BCUT2D eigenvalue weighted by atomic mass is 35.5. The van der Waals surface area contributed by atoms with E-state index in [2.05, 4.69) is 4.98 Å². The Labute approximate surface area is 210 Å². The molecule has 1 fully saturated rings. The molecule has 4 rings (SSSR count). The lowest BCUT2D eigenvalue weighted by molar-refractivity contribution is -0.214. The van der Waals surface area contributed by atoms with E-state index in [1.807, 2.05) is 11.8 Å². The molecular formula is C24H24ClN3O8. The third kappa shape index (κ3) is 5.76. The maximum Gasteiger partial charge on any atom is 0.369 e. The van der Waals surface area contributed by atoms with Crippen LogP contribution in [0.4, 0.5) is 6.01 Å². The molecule has 2 aromatic carbocycles. The normalized spacial score (nSPS) is 18.3. The maximum atomic E-state index is 12.9. The average molecular weight is 518 g/mol. The molecule has 3 aromatic rings. The summed E-state index contributed by atoms with van der Waals surface area (Å²) >= 11 is 6.02. The summed E-state index contributed by atoms with van der Waals surface area (Å²) in [6.45, 7) is 2.95. The number of aromatic nitrogens is 1. The maximum absolute atomic E-state index is 12.9. The van der Waals surface area contributed by atoms with Gasteiger partial charge in [0.15, 0.2) is 11.7 Å². The number of rotatable bonds is 7. The summed E-state index contributed by atoms with van der Waals surface area (Å²) in [5.41, 5.74) is 1.29. The number of aliphatic carboxylic acids is 1. The highest BCUT2D eigenvalue weighted by molar-refractivity contribution is 6.31. The summed E-state index contributed by atoms with van der Waals surface area (Å²) in [6, 6.07) is 12.9. The van der Waals surface area contributed by atoms with Crippen LogP contribution in [0.5, 0.6) is 0 Å². The molecule has 1 aromatic heterocycles.